The SMILES string of the molecule is CC(=N)NCC[C@@H]1CCC[C@@H](c2ccc(-n3cc4cc(-c5cc(CCC[C@@H](N)C6CC6)cc(OC(F)(F)F)c5F)[nH]c4nc3=O)cc2)N1. The highest BCUT2D eigenvalue weighted by Crippen LogP contribution is 2.36. The Hall–Kier alpha value is -4.23. The Morgan fingerprint density at radius 3 is 2.65 bits per heavy atom. The van der Waals surface area contributed by atoms with Crippen molar-refractivity contribution in [1.82, 2.24) is 25.2 Å². The molecule has 4 aromatic rings. The Labute approximate surface area is 275 Å². The number of aromatic amines is 1. The Balaban J connectivity index is 1.22. The molecule has 13 heteroatoms. The van der Waals surface area contributed by atoms with E-state index in [0.717, 1.165) is 63.1 Å². The lowest BCUT2D eigenvalue weighted by atomic mass is 9.92. The van der Waals surface area contributed by atoms with Gasteiger partial charge in [-0.15, -0.1) is 13.2 Å². The van der Waals surface area contributed by atoms with Gasteiger partial charge in [-0.1, -0.05) is 18.6 Å². The van der Waals surface area contributed by atoms with Gasteiger partial charge < -0.3 is 26.1 Å². The molecule has 1 saturated heterocycles. The summed E-state index contributed by atoms with van der Waals surface area (Å²) in [6.45, 7) is 2.47. The van der Waals surface area contributed by atoms with Crippen LogP contribution in [0.25, 0.3) is 28.0 Å². The van der Waals surface area contributed by atoms with Crippen LogP contribution in [0.15, 0.2) is 53.5 Å². The molecule has 0 radical (unpaired) electrons. The van der Waals surface area contributed by atoms with E-state index >= 15 is 4.39 Å². The zero-order valence-corrected chi connectivity index (χ0v) is 26.8. The van der Waals surface area contributed by atoms with Gasteiger partial charge in [-0.2, -0.15) is 4.98 Å². The summed E-state index contributed by atoms with van der Waals surface area (Å²) in [5, 5.41) is 14.8. The van der Waals surface area contributed by atoms with Crippen LogP contribution in [0, 0.1) is 17.1 Å². The van der Waals surface area contributed by atoms with Gasteiger partial charge in [-0.3, -0.25) is 9.98 Å². The highest BCUT2D eigenvalue weighted by molar-refractivity contribution is 5.83. The van der Waals surface area contributed by atoms with E-state index in [4.69, 9.17) is 11.1 Å². The number of H-pyrrole nitrogens is 1. The van der Waals surface area contributed by atoms with Crippen LogP contribution in [0.3, 0.4) is 0 Å². The quantitative estimate of drug-likeness (QED) is 0.0654. The van der Waals surface area contributed by atoms with Crippen LogP contribution in [-0.2, 0) is 6.42 Å². The molecule has 1 aliphatic carbocycles. The number of amidine groups is 1. The smallest absolute Gasteiger partial charge is 0.403 e. The number of aromatic nitrogens is 3. The van der Waals surface area contributed by atoms with Gasteiger partial charge in [0.15, 0.2) is 11.6 Å². The van der Waals surface area contributed by atoms with Crippen LogP contribution in [0.5, 0.6) is 5.75 Å². The average molecular weight is 668 g/mol. The number of nitrogens with one attached hydrogen (secondary N) is 4. The molecule has 0 unspecified atom stereocenters. The van der Waals surface area contributed by atoms with Crippen LogP contribution < -0.4 is 26.8 Å². The first-order chi connectivity index (χ1) is 22.9. The van der Waals surface area contributed by atoms with E-state index < -0.39 is 23.6 Å². The van der Waals surface area contributed by atoms with Crippen LogP contribution in [0.1, 0.15) is 75.5 Å². The molecule has 0 bridgehead atoms. The number of piperidine rings is 1. The second-order valence-corrected chi connectivity index (χ2v) is 13.1. The van der Waals surface area contributed by atoms with Gasteiger partial charge >= 0.3 is 12.1 Å². The molecular formula is C35H41F4N7O2. The third kappa shape index (κ3) is 8.24. The first-order valence-corrected chi connectivity index (χ1v) is 16.6. The standard InChI is InChI=1S/C35H41F4N7O2/c1-20(40)42-15-14-25-5-3-7-29(43-25)23-10-12-26(13-11-23)46-19-24-18-30(44-33(24)45-34(46)47)27-16-21(4-2-6-28(41)22-8-9-22)17-31(32(27)36)48-35(37,38)39/h10-13,16-19,22,25,28-29,43H,2-9,14-15,41H2,1H3,(H2,40,42)(H,44,45,47)/t25-,28+,29-/m0/s1. The highest BCUT2D eigenvalue weighted by atomic mass is 19.4. The van der Waals surface area contributed by atoms with Gasteiger partial charge in [0.2, 0.25) is 0 Å². The summed E-state index contributed by atoms with van der Waals surface area (Å²) in [4.78, 5) is 20.2. The number of rotatable bonds is 12. The summed E-state index contributed by atoms with van der Waals surface area (Å²) >= 11 is 0. The van der Waals surface area contributed by atoms with E-state index in [1.165, 1.54) is 10.6 Å². The van der Waals surface area contributed by atoms with E-state index in [0.29, 0.717) is 47.3 Å². The predicted octanol–water partition coefficient (Wildman–Crippen LogP) is 6.64. The summed E-state index contributed by atoms with van der Waals surface area (Å²) in [5.74, 6) is -1.12. The van der Waals surface area contributed by atoms with Crippen molar-refractivity contribution in [2.24, 2.45) is 11.7 Å². The molecule has 2 aromatic heterocycles. The molecule has 1 saturated carbocycles. The van der Waals surface area contributed by atoms with Gasteiger partial charge in [0.1, 0.15) is 5.65 Å². The van der Waals surface area contributed by atoms with Crippen molar-refractivity contribution >= 4 is 16.9 Å². The lowest BCUT2D eigenvalue weighted by Gasteiger charge is -2.31. The fourth-order valence-corrected chi connectivity index (χ4v) is 6.63. The minimum Gasteiger partial charge on any atom is -0.403 e. The van der Waals surface area contributed by atoms with Gasteiger partial charge in [0.05, 0.1) is 17.2 Å². The average Bonchev–Trinajstić information content (AvgIpc) is 3.81. The molecule has 48 heavy (non-hydrogen) atoms. The van der Waals surface area contributed by atoms with Gasteiger partial charge in [0, 0.05) is 41.8 Å². The maximum atomic E-state index is 15.5. The largest absolute Gasteiger partial charge is 0.573 e. The second kappa shape index (κ2) is 14.1. The first-order valence-electron chi connectivity index (χ1n) is 16.6. The number of hydrogen-bond acceptors (Lipinski definition) is 6. The number of ether oxygens (including phenoxy) is 1. The monoisotopic (exact) mass is 667 g/mol. The normalized spacial score (nSPS) is 19.0. The molecule has 0 amide bonds. The summed E-state index contributed by atoms with van der Waals surface area (Å²) in [6, 6.07) is 12.4. The highest BCUT2D eigenvalue weighted by Gasteiger charge is 2.34. The fraction of sp³-hybridized carbons (Fsp3) is 0.457. The summed E-state index contributed by atoms with van der Waals surface area (Å²) < 4.78 is 60.6. The van der Waals surface area contributed by atoms with Crippen molar-refractivity contribution in [2.45, 2.75) is 89.2 Å². The molecule has 2 aromatic carbocycles. The Morgan fingerprint density at radius 2 is 1.94 bits per heavy atom. The molecule has 3 heterocycles. The van der Waals surface area contributed by atoms with E-state index in [1.54, 1.807) is 19.2 Å². The van der Waals surface area contributed by atoms with Crippen molar-refractivity contribution in [1.29, 1.82) is 5.41 Å². The third-order valence-electron chi connectivity index (χ3n) is 9.29. The lowest BCUT2D eigenvalue weighted by molar-refractivity contribution is -0.275. The van der Waals surface area contributed by atoms with Crippen LogP contribution in [0.4, 0.5) is 17.6 Å². The first kappa shape index (κ1) is 33.7. The topological polar surface area (TPSA) is 134 Å². The zero-order chi connectivity index (χ0) is 34.0. The molecular weight excluding hydrogens is 626 g/mol. The Kier molecular flexibility index (Phi) is 9.88. The molecule has 6 rings (SSSR count). The van der Waals surface area contributed by atoms with E-state index in [9.17, 15) is 18.0 Å². The second-order valence-electron chi connectivity index (χ2n) is 13.1. The van der Waals surface area contributed by atoms with Crippen molar-refractivity contribution in [3.05, 3.63) is 76.1 Å². The van der Waals surface area contributed by atoms with Gasteiger partial charge in [-0.05, 0) is 106 Å². The van der Waals surface area contributed by atoms with Crippen molar-refractivity contribution in [2.75, 3.05) is 6.54 Å². The minimum absolute atomic E-state index is 0.0481. The summed E-state index contributed by atoms with van der Waals surface area (Å²) in [7, 11) is 0. The third-order valence-corrected chi connectivity index (χ3v) is 9.29. The summed E-state index contributed by atoms with van der Waals surface area (Å²) in [6.07, 6.45) is 4.55. The van der Waals surface area contributed by atoms with Crippen LogP contribution in [-0.4, -0.2) is 45.4 Å². The molecule has 9 nitrogen and oxygen atoms in total. The Bertz CT molecular complexity index is 1810. The van der Waals surface area contributed by atoms with Gasteiger partial charge in [0.25, 0.3) is 0 Å². The number of hydrogen-bond donors (Lipinski definition) is 5. The van der Waals surface area contributed by atoms with E-state index in [-0.39, 0.29) is 29.0 Å². The fourth-order valence-electron chi connectivity index (χ4n) is 6.63. The molecule has 256 valence electrons. The zero-order valence-electron chi connectivity index (χ0n) is 26.8. The number of nitrogens with zero attached hydrogens (tertiary/aromatic N) is 2. The lowest BCUT2D eigenvalue weighted by Crippen LogP contribution is -2.39. The van der Waals surface area contributed by atoms with Gasteiger partial charge in [-0.25, -0.2) is 9.18 Å². The predicted molar refractivity (Wildman–Crippen MR) is 177 cm³/mol. The number of halogens is 4. The molecule has 1 aliphatic heterocycles. The molecule has 2 fully saturated rings. The van der Waals surface area contributed by atoms with Crippen LogP contribution >= 0.6 is 0 Å². The summed E-state index contributed by atoms with van der Waals surface area (Å²) in [5.41, 5.74) is 8.07. The maximum absolute atomic E-state index is 15.5. The van der Waals surface area contributed by atoms with Crippen molar-refractivity contribution in [3.8, 4) is 22.7 Å². The molecule has 2 aliphatic rings. The van der Waals surface area contributed by atoms with E-state index in [2.05, 4.69) is 25.3 Å². The van der Waals surface area contributed by atoms with Crippen molar-refractivity contribution in [3.63, 3.8) is 0 Å². The minimum atomic E-state index is -5.07. The van der Waals surface area contributed by atoms with Crippen LogP contribution in [0.2, 0.25) is 0 Å². The maximum Gasteiger partial charge on any atom is 0.573 e. The number of alkyl halides is 3. The molecule has 0 spiro atoms. The number of fused-ring (bicyclic) bond motifs is 1. The Morgan fingerprint density at radius 1 is 1.17 bits per heavy atom. The number of aryl methyl sites for hydroxylation is 1. The number of benzene rings is 2. The van der Waals surface area contributed by atoms with E-state index in [1.807, 2.05) is 24.3 Å². The molecule has 3 atom stereocenters. The molecule has 6 N–H and O–H groups in total. The number of nitrogens with two attached hydrogens (primary N) is 1. The van der Waals surface area contributed by atoms with Crippen molar-refractivity contribution < 1.29 is 22.3 Å².